The summed E-state index contributed by atoms with van der Waals surface area (Å²) in [6.45, 7) is 5.61. The lowest BCUT2D eigenvalue weighted by atomic mass is 10.1. The first-order valence-corrected chi connectivity index (χ1v) is 7.79. The lowest BCUT2D eigenvalue weighted by Gasteiger charge is -2.16. The van der Waals surface area contributed by atoms with Crippen molar-refractivity contribution in [3.05, 3.63) is 29.8 Å². The third-order valence-electron chi connectivity index (χ3n) is 2.98. The minimum absolute atomic E-state index is 1.10. The van der Waals surface area contributed by atoms with Gasteiger partial charge >= 0.3 is 0 Å². The molecule has 0 aliphatic carbocycles. The molecular formula is C15H26N2S. The smallest absolute Gasteiger partial charge is 0.00720 e. The molecular weight excluding hydrogens is 240 g/mol. The van der Waals surface area contributed by atoms with Crippen molar-refractivity contribution in [1.82, 2.24) is 10.2 Å². The molecule has 0 bridgehead atoms. The highest BCUT2D eigenvalue weighted by Crippen LogP contribution is 2.17. The van der Waals surface area contributed by atoms with Gasteiger partial charge in [0.05, 0.1) is 0 Å². The summed E-state index contributed by atoms with van der Waals surface area (Å²) >= 11 is 1.90. The van der Waals surface area contributed by atoms with Gasteiger partial charge in [-0.2, -0.15) is 0 Å². The summed E-state index contributed by atoms with van der Waals surface area (Å²) in [5.41, 5.74) is 1.44. The van der Waals surface area contributed by atoms with E-state index in [9.17, 15) is 0 Å². The Kier molecular flexibility index (Phi) is 8.14. The number of benzene rings is 1. The van der Waals surface area contributed by atoms with Crippen molar-refractivity contribution < 1.29 is 0 Å². The van der Waals surface area contributed by atoms with E-state index in [1.807, 2.05) is 18.8 Å². The summed E-state index contributed by atoms with van der Waals surface area (Å²) in [5, 5.41) is 3.19. The third-order valence-corrected chi connectivity index (χ3v) is 3.88. The molecule has 1 aromatic rings. The van der Waals surface area contributed by atoms with Crippen LogP contribution in [0.2, 0.25) is 0 Å². The van der Waals surface area contributed by atoms with Crippen molar-refractivity contribution in [3.8, 4) is 0 Å². The van der Waals surface area contributed by atoms with Crippen molar-refractivity contribution in [1.29, 1.82) is 0 Å². The first kappa shape index (κ1) is 15.5. The molecule has 0 aromatic heterocycles. The second kappa shape index (κ2) is 9.42. The molecule has 1 aromatic carbocycles. The topological polar surface area (TPSA) is 15.3 Å². The summed E-state index contributed by atoms with van der Waals surface area (Å²) in [7, 11) is 4.22. The zero-order valence-corrected chi connectivity index (χ0v) is 12.7. The first-order valence-electron chi connectivity index (χ1n) is 6.81. The molecule has 0 radical (unpaired) electrons. The molecule has 0 aliphatic heterocycles. The van der Waals surface area contributed by atoms with E-state index in [2.05, 4.69) is 48.5 Å². The van der Waals surface area contributed by atoms with Gasteiger partial charge in [0.25, 0.3) is 0 Å². The molecule has 0 unspecified atom stereocenters. The normalized spacial score (nSPS) is 11.1. The molecule has 1 N–H and O–H groups in total. The molecule has 0 saturated heterocycles. The van der Waals surface area contributed by atoms with Crippen LogP contribution in [0.25, 0.3) is 0 Å². The number of nitrogens with zero attached hydrogens (tertiary/aromatic N) is 1. The molecule has 18 heavy (non-hydrogen) atoms. The average Bonchev–Trinajstić information content (AvgIpc) is 2.39. The van der Waals surface area contributed by atoms with E-state index in [1.54, 1.807) is 0 Å². The molecule has 1 rings (SSSR count). The fourth-order valence-electron chi connectivity index (χ4n) is 1.88. The quantitative estimate of drug-likeness (QED) is 0.546. The van der Waals surface area contributed by atoms with Crippen LogP contribution in [-0.4, -0.2) is 44.4 Å². The molecule has 0 aliphatic rings. The van der Waals surface area contributed by atoms with Crippen LogP contribution < -0.4 is 5.32 Å². The van der Waals surface area contributed by atoms with Crippen LogP contribution in [0.5, 0.6) is 0 Å². The molecule has 2 nitrogen and oxygen atoms in total. The SMILES string of the molecule is CCSc1ccc(CCN(C)CCCNC)cc1. The molecule has 102 valence electrons. The van der Waals surface area contributed by atoms with Gasteiger partial charge in [0.2, 0.25) is 0 Å². The molecule has 0 heterocycles. The van der Waals surface area contributed by atoms with Crippen LogP contribution in [0.15, 0.2) is 29.2 Å². The maximum Gasteiger partial charge on any atom is 0.00720 e. The standard InChI is InChI=1S/C15H26N2S/c1-4-18-15-8-6-14(7-9-15)10-13-17(3)12-5-11-16-2/h6-9,16H,4-5,10-13H2,1-3H3. The Balaban J connectivity index is 2.25. The minimum atomic E-state index is 1.10. The second-order valence-electron chi connectivity index (χ2n) is 4.59. The van der Waals surface area contributed by atoms with Crippen LogP contribution in [0.3, 0.4) is 0 Å². The molecule has 0 amide bonds. The summed E-state index contributed by atoms with van der Waals surface area (Å²) in [6, 6.07) is 9.01. The largest absolute Gasteiger partial charge is 0.320 e. The Morgan fingerprint density at radius 2 is 1.89 bits per heavy atom. The zero-order chi connectivity index (χ0) is 13.2. The Hall–Kier alpha value is -0.510. The molecule has 0 spiro atoms. The van der Waals surface area contributed by atoms with Gasteiger partial charge in [-0.25, -0.2) is 0 Å². The van der Waals surface area contributed by atoms with Crippen molar-refractivity contribution in [2.45, 2.75) is 24.7 Å². The highest BCUT2D eigenvalue weighted by molar-refractivity contribution is 7.99. The van der Waals surface area contributed by atoms with Gasteiger partial charge < -0.3 is 10.2 Å². The van der Waals surface area contributed by atoms with E-state index in [1.165, 1.54) is 23.4 Å². The van der Waals surface area contributed by atoms with Crippen LogP contribution in [-0.2, 0) is 6.42 Å². The van der Waals surface area contributed by atoms with Crippen LogP contribution in [0, 0.1) is 0 Å². The van der Waals surface area contributed by atoms with Gasteiger partial charge in [-0.05, 0) is 63.5 Å². The monoisotopic (exact) mass is 266 g/mol. The Bertz CT molecular complexity index is 311. The number of hydrogen-bond donors (Lipinski definition) is 1. The van der Waals surface area contributed by atoms with Gasteiger partial charge in [0.15, 0.2) is 0 Å². The van der Waals surface area contributed by atoms with E-state index >= 15 is 0 Å². The van der Waals surface area contributed by atoms with Crippen molar-refractivity contribution >= 4 is 11.8 Å². The predicted octanol–water partition coefficient (Wildman–Crippen LogP) is 2.88. The summed E-state index contributed by atoms with van der Waals surface area (Å²) in [5.74, 6) is 1.15. The highest BCUT2D eigenvalue weighted by Gasteiger charge is 1.99. The van der Waals surface area contributed by atoms with Crippen LogP contribution in [0.1, 0.15) is 18.9 Å². The van der Waals surface area contributed by atoms with Gasteiger partial charge in [0, 0.05) is 11.4 Å². The Labute approximate surface area is 116 Å². The fourth-order valence-corrected chi connectivity index (χ4v) is 2.54. The molecule has 0 saturated carbocycles. The van der Waals surface area contributed by atoms with Crippen LogP contribution >= 0.6 is 11.8 Å². The number of rotatable bonds is 9. The second-order valence-corrected chi connectivity index (χ2v) is 5.92. The van der Waals surface area contributed by atoms with Crippen LogP contribution in [0.4, 0.5) is 0 Å². The number of nitrogens with one attached hydrogen (secondary N) is 1. The molecule has 0 fully saturated rings. The average molecular weight is 266 g/mol. The predicted molar refractivity (Wildman–Crippen MR) is 82.6 cm³/mol. The lowest BCUT2D eigenvalue weighted by molar-refractivity contribution is 0.332. The Morgan fingerprint density at radius 3 is 2.50 bits per heavy atom. The first-order chi connectivity index (χ1) is 8.76. The number of thioether (sulfide) groups is 1. The van der Waals surface area contributed by atoms with Crippen molar-refractivity contribution in [3.63, 3.8) is 0 Å². The zero-order valence-electron chi connectivity index (χ0n) is 11.9. The van der Waals surface area contributed by atoms with Gasteiger partial charge in [0.1, 0.15) is 0 Å². The summed E-state index contributed by atoms with van der Waals surface area (Å²) < 4.78 is 0. The molecule has 0 atom stereocenters. The van der Waals surface area contributed by atoms with E-state index in [-0.39, 0.29) is 0 Å². The van der Waals surface area contributed by atoms with E-state index in [0.717, 1.165) is 25.3 Å². The Morgan fingerprint density at radius 1 is 1.17 bits per heavy atom. The number of likely N-dealkylation sites (N-methyl/N-ethyl adjacent to an activating group) is 1. The van der Waals surface area contributed by atoms with Gasteiger partial charge in [-0.3, -0.25) is 0 Å². The number of hydrogen-bond acceptors (Lipinski definition) is 3. The summed E-state index contributed by atoms with van der Waals surface area (Å²) in [6.07, 6.45) is 2.37. The van der Waals surface area contributed by atoms with E-state index < -0.39 is 0 Å². The van der Waals surface area contributed by atoms with E-state index in [4.69, 9.17) is 0 Å². The minimum Gasteiger partial charge on any atom is -0.320 e. The summed E-state index contributed by atoms with van der Waals surface area (Å²) in [4.78, 5) is 3.79. The fraction of sp³-hybridized carbons (Fsp3) is 0.600. The van der Waals surface area contributed by atoms with Gasteiger partial charge in [-0.1, -0.05) is 19.1 Å². The highest BCUT2D eigenvalue weighted by atomic mass is 32.2. The lowest BCUT2D eigenvalue weighted by Crippen LogP contribution is -2.24. The maximum absolute atomic E-state index is 3.19. The van der Waals surface area contributed by atoms with E-state index in [0.29, 0.717) is 0 Å². The van der Waals surface area contributed by atoms with Crippen molar-refractivity contribution in [2.75, 3.05) is 39.5 Å². The van der Waals surface area contributed by atoms with Gasteiger partial charge in [-0.15, -0.1) is 11.8 Å². The third kappa shape index (κ3) is 6.43. The molecule has 3 heteroatoms. The maximum atomic E-state index is 3.19. The van der Waals surface area contributed by atoms with Crippen molar-refractivity contribution in [2.24, 2.45) is 0 Å².